The third kappa shape index (κ3) is 4.78. The number of benzene rings is 1. The number of pyridine rings is 1. The highest BCUT2D eigenvalue weighted by Crippen LogP contribution is 2.29. The highest BCUT2D eigenvalue weighted by Gasteiger charge is 2.40. The molecular formula is C21H18F4N4O5. The van der Waals surface area contributed by atoms with Crippen LogP contribution in [0.5, 0.6) is 5.75 Å². The molecule has 0 radical (unpaired) electrons. The molecule has 1 fully saturated rings. The second-order valence-corrected chi connectivity index (χ2v) is 7.56. The fourth-order valence-electron chi connectivity index (χ4n) is 3.69. The maximum atomic E-state index is 13.6. The largest absolute Gasteiger partial charge is 0.488 e. The molecule has 34 heavy (non-hydrogen) atoms. The number of halogens is 4. The van der Waals surface area contributed by atoms with Crippen molar-refractivity contribution in [3.8, 4) is 5.75 Å². The van der Waals surface area contributed by atoms with E-state index in [4.69, 9.17) is 9.47 Å². The molecule has 3 heterocycles. The normalized spacial score (nSPS) is 19.7. The fraction of sp³-hybridized carbons (Fsp3) is 0.333. The zero-order valence-corrected chi connectivity index (χ0v) is 17.4. The minimum atomic E-state index is -3.31. The fourth-order valence-corrected chi connectivity index (χ4v) is 3.69. The number of amides is 3. The predicted octanol–water partition coefficient (Wildman–Crippen LogP) is 1.58. The van der Waals surface area contributed by atoms with Crippen molar-refractivity contribution in [1.82, 2.24) is 20.7 Å². The lowest BCUT2D eigenvalue weighted by molar-refractivity contribution is -0.132. The molecule has 3 amide bonds. The van der Waals surface area contributed by atoms with Gasteiger partial charge in [0, 0.05) is 18.7 Å². The van der Waals surface area contributed by atoms with Crippen molar-refractivity contribution >= 4 is 17.7 Å². The van der Waals surface area contributed by atoms with Gasteiger partial charge in [0.2, 0.25) is 0 Å². The number of hydrogen-bond acceptors (Lipinski definition) is 6. The van der Waals surface area contributed by atoms with E-state index >= 15 is 0 Å². The molecule has 2 atom stereocenters. The first-order valence-corrected chi connectivity index (χ1v) is 10.1. The molecule has 4 rings (SSSR count). The van der Waals surface area contributed by atoms with Gasteiger partial charge in [0.25, 0.3) is 11.8 Å². The second kappa shape index (κ2) is 9.63. The Morgan fingerprint density at radius 2 is 1.97 bits per heavy atom. The van der Waals surface area contributed by atoms with Gasteiger partial charge in [0.1, 0.15) is 11.9 Å². The Labute approximate surface area is 190 Å². The molecule has 2 N–H and O–H groups in total. The quantitative estimate of drug-likeness (QED) is 0.495. The van der Waals surface area contributed by atoms with Crippen LogP contribution in [0.2, 0.25) is 0 Å². The highest BCUT2D eigenvalue weighted by atomic mass is 19.3. The standard InChI is InChI=1S/C21H18F4N4O5/c22-13-2-1-11(6-14(13)23)34-17-3-4-33-9-16(17)29-8-15-12(21(29)32)5-10(7-26-15)19(30)27-28-20(31)18(24)25/h1-2,5-7,16-18H,3-4,8-9H2,(H,27,30)(H,28,31). The van der Waals surface area contributed by atoms with Gasteiger partial charge >= 0.3 is 12.3 Å². The van der Waals surface area contributed by atoms with E-state index in [1.165, 1.54) is 17.0 Å². The molecule has 2 aromatic rings. The topological polar surface area (TPSA) is 110 Å². The van der Waals surface area contributed by atoms with Crippen molar-refractivity contribution in [2.75, 3.05) is 13.2 Å². The Bertz CT molecular complexity index is 1130. The van der Waals surface area contributed by atoms with E-state index in [0.717, 1.165) is 18.3 Å². The van der Waals surface area contributed by atoms with Gasteiger partial charge in [-0.15, -0.1) is 0 Å². The van der Waals surface area contributed by atoms with Crippen LogP contribution >= 0.6 is 0 Å². The van der Waals surface area contributed by atoms with Crippen molar-refractivity contribution in [1.29, 1.82) is 0 Å². The van der Waals surface area contributed by atoms with E-state index in [2.05, 4.69) is 4.98 Å². The smallest absolute Gasteiger partial charge is 0.317 e. The number of hydrazine groups is 1. The van der Waals surface area contributed by atoms with Crippen molar-refractivity contribution in [2.45, 2.75) is 31.5 Å². The predicted molar refractivity (Wildman–Crippen MR) is 106 cm³/mol. The van der Waals surface area contributed by atoms with Gasteiger partial charge in [-0.3, -0.25) is 30.2 Å². The van der Waals surface area contributed by atoms with Gasteiger partial charge in [0.15, 0.2) is 11.6 Å². The van der Waals surface area contributed by atoms with E-state index in [1.54, 1.807) is 5.43 Å². The van der Waals surface area contributed by atoms with Crippen LogP contribution in [0.15, 0.2) is 30.5 Å². The lowest BCUT2D eigenvalue weighted by atomic mass is 10.0. The number of rotatable bonds is 5. The number of ether oxygens (including phenoxy) is 2. The zero-order valence-electron chi connectivity index (χ0n) is 17.4. The number of carbonyl (C=O) groups excluding carboxylic acids is 3. The summed E-state index contributed by atoms with van der Waals surface area (Å²) in [7, 11) is 0. The Morgan fingerprint density at radius 3 is 2.71 bits per heavy atom. The second-order valence-electron chi connectivity index (χ2n) is 7.56. The van der Waals surface area contributed by atoms with E-state index in [0.29, 0.717) is 18.7 Å². The zero-order chi connectivity index (χ0) is 24.4. The van der Waals surface area contributed by atoms with Crippen LogP contribution in [0.25, 0.3) is 0 Å². The molecule has 0 spiro atoms. The number of nitrogens with zero attached hydrogens (tertiary/aromatic N) is 2. The Hall–Kier alpha value is -3.74. The van der Waals surface area contributed by atoms with Gasteiger partial charge < -0.3 is 14.4 Å². The first-order valence-electron chi connectivity index (χ1n) is 10.1. The van der Waals surface area contributed by atoms with Crippen molar-refractivity contribution in [3.05, 3.63) is 58.9 Å². The summed E-state index contributed by atoms with van der Waals surface area (Å²) in [5.74, 6) is -5.07. The van der Waals surface area contributed by atoms with Crippen LogP contribution in [0.4, 0.5) is 17.6 Å². The van der Waals surface area contributed by atoms with Gasteiger partial charge in [-0.2, -0.15) is 8.78 Å². The number of fused-ring (bicyclic) bond motifs is 1. The maximum Gasteiger partial charge on any atom is 0.317 e. The lowest BCUT2D eigenvalue weighted by Crippen LogP contribution is -2.52. The molecule has 1 saturated heterocycles. The summed E-state index contributed by atoms with van der Waals surface area (Å²) >= 11 is 0. The molecule has 9 nitrogen and oxygen atoms in total. The molecule has 13 heteroatoms. The number of aromatic nitrogens is 1. The average Bonchev–Trinajstić information content (AvgIpc) is 3.15. The van der Waals surface area contributed by atoms with E-state index in [1.807, 2.05) is 5.43 Å². The minimum absolute atomic E-state index is 0.0872. The van der Waals surface area contributed by atoms with Gasteiger partial charge in [0.05, 0.1) is 42.6 Å². The molecule has 2 aliphatic rings. The molecule has 1 aromatic heterocycles. The third-order valence-electron chi connectivity index (χ3n) is 5.38. The van der Waals surface area contributed by atoms with E-state index in [-0.39, 0.29) is 30.0 Å². The molecular weight excluding hydrogens is 464 g/mol. The minimum Gasteiger partial charge on any atom is -0.488 e. The van der Waals surface area contributed by atoms with Crippen LogP contribution in [-0.2, 0) is 16.1 Å². The summed E-state index contributed by atoms with van der Waals surface area (Å²) in [6.45, 7) is 0.553. The van der Waals surface area contributed by atoms with Crippen LogP contribution in [0.1, 0.15) is 32.8 Å². The molecule has 2 aliphatic heterocycles. The summed E-state index contributed by atoms with van der Waals surface area (Å²) in [5, 5.41) is 0. The SMILES string of the molecule is O=C(NNC(=O)C(F)F)c1cnc2c(c1)C(=O)N(C1COCCC1Oc1ccc(F)c(F)c1)C2. The molecule has 1 aromatic carbocycles. The first-order chi connectivity index (χ1) is 16.2. The monoisotopic (exact) mass is 482 g/mol. The van der Waals surface area contributed by atoms with Crippen LogP contribution in [-0.4, -0.2) is 59.4 Å². The summed E-state index contributed by atoms with van der Waals surface area (Å²) < 4.78 is 62.6. The van der Waals surface area contributed by atoms with Crippen LogP contribution < -0.4 is 15.6 Å². The van der Waals surface area contributed by atoms with Gasteiger partial charge in [-0.1, -0.05) is 0 Å². The number of hydrogen-bond donors (Lipinski definition) is 2. The number of nitrogens with one attached hydrogen (secondary N) is 2. The summed E-state index contributed by atoms with van der Waals surface area (Å²) in [6, 6.07) is 3.80. The van der Waals surface area contributed by atoms with Crippen LogP contribution in [0.3, 0.4) is 0 Å². The van der Waals surface area contributed by atoms with Crippen molar-refractivity contribution < 1.29 is 41.4 Å². The summed E-state index contributed by atoms with van der Waals surface area (Å²) in [5.41, 5.74) is 3.74. The van der Waals surface area contributed by atoms with Gasteiger partial charge in [-0.25, -0.2) is 8.78 Å². The maximum absolute atomic E-state index is 13.6. The molecule has 0 aliphatic carbocycles. The first kappa shape index (κ1) is 23.4. The summed E-state index contributed by atoms with van der Waals surface area (Å²) in [4.78, 5) is 41.7. The van der Waals surface area contributed by atoms with Crippen molar-refractivity contribution in [2.24, 2.45) is 0 Å². The van der Waals surface area contributed by atoms with Crippen molar-refractivity contribution in [3.63, 3.8) is 0 Å². The highest BCUT2D eigenvalue weighted by molar-refractivity contribution is 6.02. The molecule has 0 saturated carbocycles. The van der Waals surface area contributed by atoms with E-state index < -0.39 is 47.9 Å². The Morgan fingerprint density at radius 1 is 1.18 bits per heavy atom. The average molecular weight is 482 g/mol. The lowest BCUT2D eigenvalue weighted by Gasteiger charge is -2.37. The Kier molecular flexibility index (Phi) is 6.63. The summed E-state index contributed by atoms with van der Waals surface area (Å²) in [6.07, 6.45) is -2.36. The van der Waals surface area contributed by atoms with Gasteiger partial charge in [-0.05, 0) is 18.2 Å². The Balaban J connectivity index is 1.48. The van der Waals surface area contributed by atoms with E-state index in [9.17, 15) is 31.9 Å². The molecule has 2 unspecified atom stereocenters. The molecule has 180 valence electrons. The van der Waals surface area contributed by atoms with Crippen LogP contribution in [0, 0.1) is 11.6 Å². The third-order valence-corrected chi connectivity index (χ3v) is 5.38. The number of carbonyl (C=O) groups is 3. The number of alkyl halides is 2. The molecule has 0 bridgehead atoms.